The molecule has 3 fully saturated rings. The van der Waals surface area contributed by atoms with Gasteiger partial charge in [-0.3, -0.25) is 9.59 Å². The second kappa shape index (κ2) is 5.54. The molecule has 0 aromatic rings. The van der Waals surface area contributed by atoms with E-state index in [1.54, 1.807) is 0 Å². The molecule has 0 unspecified atom stereocenters. The number of nitrogens with one attached hydrogen (secondary N) is 1. The van der Waals surface area contributed by atoms with E-state index in [0.29, 0.717) is 11.8 Å². The van der Waals surface area contributed by atoms with Crippen molar-refractivity contribution in [2.24, 2.45) is 35.0 Å². The molecule has 0 aromatic carbocycles. The molecular weight excluding hydrogens is 278 g/mol. The molecule has 0 saturated heterocycles. The van der Waals surface area contributed by atoms with Crippen LogP contribution in [0.15, 0.2) is 0 Å². The minimum absolute atomic E-state index is 0.00880. The monoisotopic (exact) mass is 307 g/mol. The average molecular weight is 307 g/mol. The lowest BCUT2D eigenvalue weighted by molar-refractivity contribution is -0.149. The molecule has 2 N–H and O–H groups in total. The molecule has 2 bridgehead atoms. The number of rotatable bonds is 3. The summed E-state index contributed by atoms with van der Waals surface area (Å²) >= 11 is 0. The van der Waals surface area contributed by atoms with Crippen molar-refractivity contribution in [2.45, 2.75) is 65.3 Å². The number of hydrogen-bond donors (Lipinski definition) is 2. The number of amides is 1. The van der Waals surface area contributed by atoms with Crippen molar-refractivity contribution < 1.29 is 14.7 Å². The van der Waals surface area contributed by atoms with Crippen LogP contribution < -0.4 is 5.32 Å². The van der Waals surface area contributed by atoms with Crippen LogP contribution in [0.25, 0.3) is 0 Å². The van der Waals surface area contributed by atoms with Gasteiger partial charge in [-0.2, -0.15) is 0 Å². The largest absolute Gasteiger partial charge is 0.481 e. The molecule has 1 amide bonds. The van der Waals surface area contributed by atoms with Crippen molar-refractivity contribution in [1.82, 2.24) is 5.32 Å². The van der Waals surface area contributed by atoms with Crippen molar-refractivity contribution in [1.29, 1.82) is 0 Å². The van der Waals surface area contributed by atoms with E-state index in [2.05, 4.69) is 26.1 Å². The van der Waals surface area contributed by atoms with Gasteiger partial charge in [-0.05, 0) is 61.7 Å². The van der Waals surface area contributed by atoms with Gasteiger partial charge in [0.15, 0.2) is 0 Å². The van der Waals surface area contributed by atoms with E-state index < -0.39 is 11.9 Å². The van der Waals surface area contributed by atoms with Crippen LogP contribution in [0.1, 0.15) is 59.3 Å². The van der Waals surface area contributed by atoms with Gasteiger partial charge >= 0.3 is 5.97 Å². The van der Waals surface area contributed by atoms with Crippen LogP contribution in [0.5, 0.6) is 0 Å². The van der Waals surface area contributed by atoms with Crippen molar-refractivity contribution >= 4 is 11.9 Å². The summed E-state index contributed by atoms with van der Waals surface area (Å²) in [4.78, 5) is 24.3. The highest BCUT2D eigenvalue weighted by Crippen LogP contribution is 2.52. The Morgan fingerprint density at radius 3 is 2.27 bits per heavy atom. The maximum atomic E-state index is 12.8. The minimum Gasteiger partial charge on any atom is -0.481 e. The van der Waals surface area contributed by atoms with Gasteiger partial charge in [-0.25, -0.2) is 0 Å². The second-order valence-corrected chi connectivity index (χ2v) is 8.84. The average Bonchev–Trinajstić information content (AvgIpc) is 2.95. The third-order valence-electron chi connectivity index (χ3n) is 6.24. The Kier molecular flexibility index (Phi) is 3.98. The van der Waals surface area contributed by atoms with Crippen LogP contribution in [-0.2, 0) is 9.59 Å². The van der Waals surface area contributed by atoms with Crippen LogP contribution in [0, 0.1) is 35.0 Å². The summed E-state index contributed by atoms with van der Waals surface area (Å²) in [5.41, 5.74) is 0.260. The summed E-state index contributed by atoms with van der Waals surface area (Å²) in [5.74, 6) is -0.381. The van der Waals surface area contributed by atoms with E-state index in [1.807, 2.05) is 0 Å². The topological polar surface area (TPSA) is 66.4 Å². The fourth-order valence-electron chi connectivity index (χ4n) is 5.78. The molecule has 4 nitrogen and oxygen atoms in total. The summed E-state index contributed by atoms with van der Waals surface area (Å²) in [6.07, 6.45) is 6.17. The molecule has 3 aliphatic carbocycles. The normalized spacial score (nSPS) is 43.0. The van der Waals surface area contributed by atoms with E-state index in [-0.39, 0.29) is 29.2 Å². The van der Waals surface area contributed by atoms with Crippen molar-refractivity contribution in [3.63, 3.8) is 0 Å². The SMILES string of the molecule is C[C@@H]1C[C@@H](NC(=O)[C@@H]2[C@@H]3CC[C@@H](C3)[C@@H]2C(=O)O)CC(C)(C)C1. The van der Waals surface area contributed by atoms with Gasteiger partial charge in [0.05, 0.1) is 11.8 Å². The zero-order chi connectivity index (χ0) is 16.1. The smallest absolute Gasteiger partial charge is 0.307 e. The van der Waals surface area contributed by atoms with Gasteiger partial charge in [0.1, 0.15) is 0 Å². The number of aliphatic carboxylic acids is 1. The van der Waals surface area contributed by atoms with Gasteiger partial charge in [0.2, 0.25) is 5.91 Å². The molecule has 0 spiro atoms. The molecule has 0 aromatic heterocycles. The Balaban J connectivity index is 1.68. The van der Waals surface area contributed by atoms with Crippen LogP contribution in [0.3, 0.4) is 0 Å². The van der Waals surface area contributed by atoms with Gasteiger partial charge in [0, 0.05) is 6.04 Å². The maximum Gasteiger partial charge on any atom is 0.307 e. The Hall–Kier alpha value is -1.06. The number of hydrogen-bond acceptors (Lipinski definition) is 2. The van der Waals surface area contributed by atoms with E-state index in [9.17, 15) is 14.7 Å². The Bertz CT molecular complexity index is 473. The van der Waals surface area contributed by atoms with Gasteiger partial charge < -0.3 is 10.4 Å². The zero-order valence-electron chi connectivity index (χ0n) is 14.0. The van der Waals surface area contributed by atoms with Crippen molar-refractivity contribution in [3.8, 4) is 0 Å². The molecule has 0 radical (unpaired) electrons. The Labute approximate surface area is 133 Å². The standard InChI is InChI=1S/C18H29NO3/c1-10-6-13(9-18(2,3)8-10)19-16(20)14-11-4-5-12(7-11)15(14)17(21)22/h10-15H,4-9H2,1-3H3,(H,19,20)(H,21,22)/t10-,11-,12+,13-,14-,15+/m1/s1. The molecule has 22 heavy (non-hydrogen) atoms. The molecular formula is C18H29NO3. The summed E-state index contributed by atoms with van der Waals surface area (Å²) in [6, 6.07) is 0.208. The van der Waals surface area contributed by atoms with E-state index in [0.717, 1.165) is 32.1 Å². The van der Waals surface area contributed by atoms with Crippen molar-refractivity contribution in [2.75, 3.05) is 0 Å². The Morgan fingerprint density at radius 2 is 1.68 bits per heavy atom. The molecule has 3 rings (SSSR count). The molecule has 0 aliphatic heterocycles. The summed E-state index contributed by atoms with van der Waals surface area (Å²) in [7, 11) is 0. The molecule has 0 heterocycles. The number of fused-ring (bicyclic) bond motifs is 2. The predicted molar refractivity (Wildman–Crippen MR) is 84.2 cm³/mol. The van der Waals surface area contributed by atoms with Crippen LogP contribution >= 0.6 is 0 Å². The Morgan fingerprint density at radius 1 is 1.05 bits per heavy atom. The molecule has 124 valence electrons. The summed E-state index contributed by atoms with van der Waals surface area (Å²) < 4.78 is 0. The molecule has 4 heteroatoms. The van der Waals surface area contributed by atoms with Gasteiger partial charge in [0.25, 0.3) is 0 Å². The first-order chi connectivity index (χ1) is 10.3. The number of carboxylic acid groups (broad SMARTS) is 1. The number of carbonyl (C=O) groups excluding carboxylic acids is 1. The zero-order valence-corrected chi connectivity index (χ0v) is 14.0. The minimum atomic E-state index is -0.773. The summed E-state index contributed by atoms with van der Waals surface area (Å²) in [6.45, 7) is 6.77. The maximum absolute atomic E-state index is 12.8. The first kappa shape index (κ1) is 15.8. The summed E-state index contributed by atoms with van der Waals surface area (Å²) in [5, 5.41) is 12.7. The lowest BCUT2D eigenvalue weighted by Gasteiger charge is -2.40. The predicted octanol–water partition coefficient (Wildman–Crippen LogP) is 3.06. The molecule has 6 atom stereocenters. The molecule has 3 aliphatic rings. The number of carboxylic acids is 1. The lowest BCUT2D eigenvalue weighted by atomic mass is 9.70. The van der Waals surface area contributed by atoms with Gasteiger partial charge in [-0.1, -0.05) is 20.8 Å². The van der Waals surface area contributed by atoms with E-state index in [1.165, 1.54) is 6.42 Å². The van der Waals surface area contributed by atoms with Crippen molar-refractivity contribution in [3.05, 3.63) is 0 Å². The fourth-order valence-corrected chi connectivity index (χ4v) is 5.78. The lowest BCUT2D eigenvalue weighted by Crippen LogP contribution is -2.48. The first-order valence-electron chi connectivity index (χ1n) is 8.80. The quantitative estimate of drug-likeness (QED) is 0.842. The highest BCUT2D eigenvalue weighted by Gasteiger charge is 2.54. The van der Waals surface area contributed by atoms with Crippen LogP contribution in [-0.4, -0.2) is 23.0 Å². The fraction of sp³-hybridized carbons (Fsp3) is 0.889. The van der Waals surface area contributed by atoms with Gasteiger partial charge in [-0.15, -0.1) is 0 Å². The third kappa shape index (κ3) is 2.89. The second-order valence-electron chi connectivity index (χ2n) is 8.84. The van der Waals surface area contributed by atoms with Crippen LogP contribution in [0.4, 0.5) is 0 Å². The third-order valence-corrected chi connectivity index (χ3v) is 6.24. The first-order valence-corrected chi connectivity index (χ1v) is 8.80. The van der Waals surface area contributed by atoms with Crippen LogP contribution in [0.2, 0.25) is 0 Å². The highest BCUT2D eigenvalue weighted by atomic mass is 16.4. The molecule has 3 saturated carbocycles. The van der Waals surface area contributed by atoms with E-state index >= 15 is 0 Å². The number of carbonyl (C=O) groups is 2. The van der Waals surface area contributed by atoms with E-state index in [4.69, 9.17) is 0 Å². The highest BCUT2D eigenvalue weighted by molar-refractivity contribution is 5.86.